The summed E-state index contributed by atoms with van der Waals surface area (Å²) in [6.07, 6.45) is 5.13. The van der Waals surface area contributed by atoms with Crippen molar-refractivity contribution in [3.8, 4) is 0 Å². The zero-order valence-electron chi connectivity index (χ0n) is 10.8. The van der Waals surface area contributed by atoms with Gasteiger partial charge in [0.1, 0.15) is 0 Å². The van der Waals surface area contributed by atoms with Crippen molar-refractivity contribution >= 4 is 23.3 Å². The first-order chi connectivity index (χ1) is 9.11. The highest BCUT2D eigenvalue weighted by atomic mass is 35.5. The van der Waals surface area contributed by atoms with E-state index in [2.05, 4.69) is 11.5 Å². The van der Waals surface area contributed by atoms with Gasteiger partial charge in [-0.05, 0) is 43.4 Å². The van der Waals surface area contributed by atoms with Gasteiger partial charge in [-0.2, -0.15) is 0 Å². The molecule has 1 saturated heterocycles. The molecule has 0 aliphatic carbocycles. The Morgan fingerprint density at radius 1 is 1.47 bits per heavy atom. The maximum absolute atomic E-state index is 11.3. The zero-order valence-corrected chi connectivity index (χ0v) is 11.6. The molecule has 1 heterocycles. The lowest BCUT2D eigenvalue weighted by molar-refractivity contribution is 0.0697. The normalized spacial score (nSPS) is 16.4. The second-order valence-corrected chi connectivity index (χ2v) is 5.36. The summed E-state index contributed by atoms with van der Waals surface area (Å²) in [5, 5.41) is 9.82. The largest absolute Gasteiger partial charge is 0.478 e. The van der Waals surface area contributed by atoms with Crippen molar-refractivity contribution in [1.29, 1.82) is 0 Å². The standard InChI is InChI=1S/C15H18ClNO2/c1-2-3-11-6-8-17(9-7-11)14-10-12(16)4-5-13(14)15(18)19/h2,4-5,10-11H,1,3,6-9H2,(H,18,19). The molecule has 1 aliphatic rings. The Morgan fingerprint density at radius 2 is 2.16 bits per heavy atom. The Hall–Kier alpha value is -1.48. The predicted molar refractivity (Wildman–Crippen MR) is 78.2 cm³/mol. The molecule has 0 saturated carbocycles. The lowest BCUT2D eigenvalue weighted by Gasteiger charge is -2.34. The quantitative estimate of drug-likeness (QED) is 0.852. The summed E-state index contributed by atoms with van der Waals surface area (Å²) < 4.78 is 0. The van der Waals surface area contributed by atoms with Crippen molar-refractivity contribution in [2.24, 2.45) is 5.92 Å². The van der Waals surface area contributed by atoms with E-state index in [-0.39, 0.29) is 0 Å². The van der Waals surface area contributed by atoms with Crippen LogP contribution in [0.3, 0.4) is 0 Å². The average Bonchev–Trinajstić information content (AvgIpc) is 2.39. The Kier molecular flexibility index (Phi) is 4.48. The molecule has 1 N–H and O–H groups in total. The molecule has 4 heteroatoms. The molecule has 0 bridgehead atoms. The number of carbonyl (C=O) groups is 1. The Labute approximate surface area is 118 Å². The molecule has 0 aromatic heterocycles. The summed E-state index contributed by atoms with van der Waals surface area (Å²) in [5.74, 6) is -0.235. The van der Waals surface area contributed by atoms with Gasteiger partial charge >= 0.3 is 5.97 Å². The number of nitrogens with zero attached hydrogens (tertiary/aromatic N) is 1. The molecular weight excluding hydrogens is 262 g/mol. The number of hydrogen-bond acceptors (Lipinski definition) is 2. The van der Waals surface area contributed by atoms with Gasteiger partial charge in [0.2, 0.25) is 0 Å². The van der Waals surface area contributed by atoms with Gasteiger partial charge < -0.3 is 10.0 Å². The van der Waals surface area contributed by atoms with Crippen LogP contribution in [0.4, 0.5) is 5.69 Å². The summed E-state index contributed by atoms with van der Waals surface area (Å²) in [7, 11) is 0. The molecule has 102 valence electrons. The zero-order chi connectivity index (χ0) is 13.8. The Balaban J connectivity index is 2.16. The van der Waals surface area contributed by atoms with Gasteiger partial charge in [-0.1, -0.05) is 17.7 Å². The van der Waals surface area contributed by atoms with Crippen LogP contribution < -0.4 is 4.90 Å². The number of rotatable bonds is 4. The van der Waals surface area contributed by atoms with Crippen molar-refractivity contribution in [3.63, 3.8) is 0 Å². The lowest BCUT2D eigenvalue weighted by atomic mass is 9.93. The van der Waals surface area contributed by atoms with E-state index in [0.29, 0.717) is 16.5 Å². The number of hydrogen-bond donors (Lipinski definition) is 1. The number of anilines is 1. The van der Waals surface area contributed by atoms with Crippen LogP contribution in [0, 0.1) is 5.92 Å². The molecule has 1 aromatic carbocycles. The van der Waals surface area contributed by atoms with Crippen molar-refractivity contribution in [2.75, 3.05) is 18.0 Å². The first-order valence-corrected chi connectivity index (χ1v) is 6.88. The molecule has 0 radical (unpaired) electrons. The molecule has 0 unspecified atom stereocenters. The molecule has 1 aliphatic heterocycles. The summed E-state index contributed by atoms with van der Waals surface area (Å²) in [4.78, 5) is 13.4. The number of allylic oxidation sites excluding steroid dienone is 1. The Morgan fingerprint density at radius 3 is 2.74 bits per heavy atom. The van der Waals surface area contributed by atoms with E-state index in [4.69, 9.17) is 11.6 Å². The minimum absolute atomic E-state index is 0.326. The summed E-state index contributed by atoms with van der Waals surface area (Å²) in [6.45, 7) is 5.52. The van der Waals surface area contributed by atoms with Crippen LogP contribution in [-0.4, -0.2) is 24.2 Å². The fourth-order valence-corrected chi connectivity index (χ4v) is 2.76. The van der Waals surface area contributed by atoms with Crippen LogP contribution in [0.25, 0.3) is 0 Å². The number of carboxylic acids is 1. The van der Waals surface area contributed by atoms with Gasteiger partial charge in [-0.25, -0.2) is 4.79 Å². The van der Waals surface area contributed by atoms with Gasteiger partial charge in [0.25, 0.3) is 0 Å². The summed E-state index contributed by atoms with van der Waals surface area (Å²) >= 11 is 5.99. The van der Waals surface area contributed by atoms with Crippen molar-refractivity contribution < 1.29 is 9.90 Å². The molecule has 0 spiro atoms. The Bertz CT molecular complexity index is 479. The fourth-order valence-electron chi connectivity index (χ4n) is 2.59. The predicted octanol–water partition coefficient (Wildman–Crippen LogP) is 3.83. The maximum atomic E-state index is 11.3. The highest BCUT2D eigenvalue weighted by Gasteiger charge is 2.22. The molecule has 0 amide bonds. The molecule has 1 aromatic rings. The number of benzene rings is 1. The molecule has 19 heavy (non-hydrogen) atoms. The van der Waals surface area contributed by atoms with Crippen molar-refractivity contribution in [1.82, 2.24) is 0 Å². The van der Waals surface area contributed by atoms with Crippen molar-refractivity contribution in [3.05, 3.63) is 41.4 Å². The average molecular weight is 280 g/mol. The highest BCUT2D eigenvalue weighted by molar-refractivity contribution is 6.31. The first-order valence-electron chi connectivity index (χ1n) is 6.50. The van der Waals surface area contributed by atoms with E-state index in [1.54, 1.807) is 18.2 Å². The van der Waals surface area contributed by atoms with Gasteiger partial charge in [0, 0.05) is 18.1 Å². The second-order valence-electron chi connectivity index (χ2n) is 4.92. The van der Waals surface area contributed by atoms with E-state index in [1.807, 2.05) is 6.08 Å². The SMILES string of the molecule is C=CCC1CCN(c2cc(Cl)ccc2C(=O)O)CC1. The van der Waals surface area contributed by atoms with Gasteiger partial charge in [-0.3, -0.25) is 0 Å². The number of halogens is 1. The minimum Gasteiger partial charge on any atom is -0.478 e. The van der Waals surface area contributed by atoms with Crippen LogP contribution in [0.1, 0.15) is 29.6 Å². The van der Waals surface area contributed by atoms with E-state index in [1.165, 1.54) is 0 Å². The minimum atomic E-state index is -0.903. The molecular formula is C15H18ClNO2. The van der Waals surface area contributed by atoms with E-state index in [9.17, 15) is 9.90 Å². The van der Waals surface area contributed by atoms with Crippen molar-refractivity contribution in [2.45, 2.75) is 19.3 Å². The number of aromatic carboxylic acids is 1. The third kappa shape index (κ3) is 3.29. The molecule has 0 atom stereocenters. The number of carboxylic acid groups (broad SMARTS) is 1. The van der Waals surface area contributed by atoms with Gasteiger partial charge in [-0.15, -0.1) is 6.58 Å². The third-order valence-electron chi connectivity index (χ3n) is 3.65. The van der Waals surface area contributed by atoms with Crippen LogP contribution in [0.15, 0.2) is 30.9 Å². The van der Waals surface area contributed by atoms with Gasteiger partial charge in [0.15, 0.2) is 0 Å². The third-order valence-corrected chi connectivity index (χ3v) is 3.88. The van der Waals surface area contributed by atoms with Crippen LogP contribution in [0.5, 0.6) is 0 Å². The lowest BCUT2D eigenvalue weighted by Crippen LogP contribution is -2.34. The number of piperidine rings is 1. The topological polar surface area (TPSA) is 40.5 Å². The van der Waals surface area contributed by atoms with E-state index >= 15 is 0 Å². The molecule has 3 nitrogen and oxygen atoms in total. The molecule has 1 fully saturated rings. The van der Waals surface area contributed by atoms with E-state index in [0.717, 1.165) is 38.0 Å². The van der Waals surface area contributed by atoms with E-state index < -0.39 is 5.97 Å². The summed E-state index contributed by atoms with van der Waals surface area (Å²) in [6, 6.07) is 4.95. The highest BCUT2D eigenvalue weighted by Crippen LogP contribution is 2.30. The first kappa shape index (κ1) is 13.9. The monoisotopic (exact) mass is 279 g/mol. The second kappa shape index (κ2) is 6.11. The smallest absolute Gasteiger partial charge is 0.337 e. The summed E-state index contributed by atoms with van der Waals surface area (Å²) in [5.41, 5.74) is 1.06. The van der Waals surface area contributed by atoms with Crippen LogP contribution in [0.2, 0.25) is 5.02 Å². The molecule has 2 rings (SSSR count). The van der Waals surface area contributed by atoms with Crippen LogP contribution >= 0.6 is 11.6 Å². The van der Waals surface area contributed by atoms with Crippen LogP contribution in [-0.2, 0) is 0 Å². The van der Waals surface area contributed by atoms with Gasteiger partial charge in [0.05, 0.1) is 11.3 Å². The maximum Gasteiger partial charge on any atom is 0.337 e. The fraction of sp³-hybridized carbons (Fsp3) is 0.400.